The summed E-state index contributed by atoms with van der Waals surface area (Å²) in [7, 11) is 0. The van der Waals surface area contributed by atoms with Crippen LogP contribution in [0.4, 0.5) is 0 Å². The highest BCUT2D eigenvalue weighted by molar-refractivity contribution is 5.36. The molecule has 1 fully saturated rings. The van der Waals surface area contributed by atoms with E-state index in [0.29, 0.717) is 0 Å². The minimum Gasteiger partial charge on any atom is -0.267 e. The maximum absolute atomic E-state index is 11.6. The van der Waals surface area contributed by atoms with Crippen molar-refractivity contribution in [2.45, 2.75) is 25.7 Å². The Morgan fingerprint density at radius 1 is 1.28 bits per heavy atom. The van der Waals surface area contributed by atoms with Gasteiger partial charge in [-0.1, -0.05) is 25.5 Å². The Bertz CT molecular complexity index is 600. The third-order valence-corrected chi connectivity index (χ3v) is 3.73. The molecule has 0 spiro atoms. The van der Waals surface area contributed by atoms with Crippen molar-refractivity contribution in [3.8, 4) is 5.69 Å². The molecule has 0 unspecified atom stereocenters. The number of hydrogen-bond donors (Lipinski definition) is 0. The maximum Gasteiger partial charge on any atom is 0.271 e. The van der Waals surface area contributed by atoms with Crippen LogP contribution in [0, 0.1) is 5.92 Å². The Balaban J connectivity index is 1.88. The van der Waals surface area contributed by atoms with Crippen molar-refractivity contribution in [1.29, 1.82) is 0 Å². The van der Waals surface area contributed by atoms with E-state index in [1.807, 2.05) is 12.1 Å². The van der Waals surface area contributed by atoms with Crippen LogP contribution in [-0.2, 0) is 0 Å². The monoisotopic (exact) mass is 240 g/mol. The molecule has 3 nitrogen and oxygen atoms in total. The molecule has 1 aromatic heterocycles. The molecule has 1 aromatic carbocycles. The van der Waals surface area contributed by atoms with Gasteiger partial charge in [0.2, 0.25) is 0 Å². The maximum atomic E-state index is 11.6. The van der Waals surface area contributed by atoms with Crippen molar-refractivity contribution < 1.29 is 0 Å². The lowest BCUT2D eigenvalue weighted by atomic mass is 10.1. The van der Waals surface area contributed by atoms with Gasteiger partial charge in [0.05, 0.1) is 5.69 Å². The first-order chi connectivity index (χ1) is 8.79. The summed E-state index contributed by atoms with van der Waals surface area (Å²) in [5.74, 6) is 1.58. The highest BCUT2D eigenvalue weighted by Crippen LogP contribution is 2.49. The Kier molecular flexibility index (Phi) is 2.74. The standard InChI is InChI=1S/C15H16N2O/c1-2-11-10-14(11)12-5-7-13(8-6-12)17-15(18)4-3-9-16-17/h3-9,11,14H,2,10H2,1H3/t11-,14-/m0/s1. The highest BCUT2D eigenvalue weighted by atomic mass is 16.1. The van der Waals surface area contributed by atoms with E-state index < -0.39 is 0 Å². The van der Waals surface area contributed by atoms with Crippen LogP contribution in [-0.4, -0.2) is 9.78 Å². The van der Waals surface area contributed by atoms with Gasteiger partial charge in [-0.05, 0) is 42.0 Å². The fourth-order valence-corrected chi connectivity index (χ4v) is 2.52. The summed E-state index contributed by atoms with van der Waals surface area (Å²) in [5, 5.41) is 4.07. The summed E-state index contributed by atoms with van der Waals surface area (Å²) in [4.78, 5) is 11.6. The van der Waals surface area contributed by atoms with E-state index in [0.717, 1.165) is 17.5 Å². The average Bonchev–Trinajstić information content (AvgIpc) is 3.19. The minimum atomic E-state index is -0.0943. The number of aromatic nitrogens is 2. The van der Waals surface area contributed by atoms with Gasteiger partial charge in [-0.3, -0.25) is 4.79 Å². The smallest absolute Gasteiger partial charge is 0.267 e. The third kappa shape index (κ3) is 1.96. The molecule has 0 saturated heterocycles. The summed E-state index contributed by atoms with van der Waals surface area (Å²) in [6, 6.07) is 11.4. The number of rotatable bonds is 3. The van der Waals surface area contributed by atoms with E-state index in [4.69, 9.17) is 0 Å². The van der Waals surface area contributed by atoms with Crippen molar-refractivity contribution >= 4 is 0 Å². The lowest BCUT2D eigenvalue weighted by Crippen LogP contribution is -2.18. The van der Waals surface area contributed by atoms with Crippen LogP contribution in [0.3, 0.4) is 0 Å². The second kappa shape index (κ2) is 4.41. The summed E-state index contributed by atoms with van der Waals surface area (Å²) in [5.41, 5.74) is 2.12. The molecule has 0 aliphatic heterocycles. The van der Waals surface area contributed by atoms with E-state index in [9.17, 15) is 4.79 Å². The minimum absolute atomic E-state index is 0.0943. The molecule has 2 aromatic rings. The quantitative estimate of drug-likeness (QED) is 0.826. The first kappa shape index (κ1) is 11.2. The molecule has 0 bridgehead atoms. The van der Waals surface area contributed by atoms with E-state index in [-0.39, 0.29) is 5.56 Å². The first-order valence-electron chi connectivity index (χ1n) is 6.44. The summed E-state index contributed by atoms with van der Waals surface area (Å²) in [6.07, 6.45) is 4.19. The van der Waals surface area contributed by atoms with Crippen molar-refractivity contribution in [3.05, 3.63) is 58.5 Å². The SMILES string of the molecule is CC[C@H]1C[C@@H]1c1ccc(-n2ncccc2=O)cc1. The number of nitrogens with zero attached hydrogens (tertiary/aromatic N) is 2. The van der Waals surface area contributed by atoms with Crippen LogP contribution in [0.25, 0.3) is 5.69 Å². The summed E-state index contributed by atoms with van der Waals surface area (Å²) < 4.78 is 1.42. The molecule has 3 rings (SSSR count). The van der Waals surface area contributed by atoms with Crippen LogP contribution in [0.15, 0.2) is 47.4 Å². The van der Waals surface area contributed by atoms with Crippen molar-refractivity contribution in [2.75, 3.05) is 0 Å². The third-order valence-electron chi connectivity index (χ3n) is 3.73. The molecule has 0 amide bonds. The predicted molar refractivity (Wildman–Crippen MR) is 71.0 cm³/mol. The summed E-state index contributed by atoms with van der Waals surface area (Å²) in [6.45, 7) is 2.24. The van der Waals surface area contributed by atoms with Gasteiger partial charge < -0.3 is 0 Å². The van der Waals surface area contributed by atoms with Crippen molar-refractivity contribution in [3.63, 3.8) is 0 Å². The van der Waals surface area contributed by atoms with E-state index in [2.05, 4.69) is 24.2 Å². The zero-order valence-corrected chi connectivity index (χ0v) is 10.4. The van der Waals surface area contributed by atoms with Gasteiger partial charge in [0.1, 0.15) is 0 Å². The molecule has 18 heavy (non-hydrogen) atoms. The summed E-state index contributed by atoms with van der Waals surface area (Å²) >= 11 is 0. The lowest BCUT2D eigenvalue weighted by Gasteiger charge is -2.05. The molecule has 2 atom stereocenters. The van der Waals surface area contributed by atoms with E-state index >= 15 is 0 Å². The molecule has 92 valence electrons. The Hall–Kier alpha value is -1.90. The molecular formula is C15H16N2O. The van der Waals surface area contributed by atoms with Crippen molar-refractivity contribution in [2.24, 2.45) is 5.92 Å². The Morgan fingerprint density at radius 2 is 2.06 bits per heavy atom. The second-order valence-electron chi connectivity index (χ2n) is 4.88. The fraction of sp³-hybridized carbons (Fsp3) is 0.333. The van der Waals surface area contributed by atoms with Gasteiger partial charge in [-0.2, -0.15) is 9.78 Å². The van der Waals surface area contributed by atoms with Gasteiger partial charge in [0.25, 0.3) is 5.56 Å². The number of benzene rings is 1. The van der Waals surface area contributed by atoms with Gasteiger partial charge in [-0.25, -0.2) is 0 Å². The van der Waals surface area contributed by atoms with E-state index in [1.54, 1.807) is 12.3 Å². The average molecular weight is 240 g/mol. The fourth-order valence-electron chi connectivity index (χ4n) is 2.52. The Morgan fingerprint density at radius 3 is 2.67 bits per heavy atom. The molecule has 1 aliphatic rings. The molecule has 1 aliphatic carbocycles. The Labute approximate surface area is 106 Å². The van der Waals surface area contributed by atoms with Gasteiger partial charge in [-0.15, -0.1) is 0 Å². The first-order valence-corrected chi connectivity index (χ1v) is 6.44. The zero-order valence-electron chi connectivity index (χ0n) is 10.4. The van der Waals surface area contributed by atoms with Crippen LogP contribution >= 0.6 is 0 Å². The molecule has 3 heteroatoms. The van der Waals surface area contributed by atoms with Crippen LogP contribution in [0.1, 0.15) is 31.2 Å². The van der Waals surface area contributed by atoms with Crippen LogP contribution in [0.5, 0.6) is 0 Å². The number of hydrogen-bond acceptors (Lipinski definition) is 2. The van der Waals surface area contributed by atoms with Crippen LogP contribution < -0.4 is 5.56 Å². The van der Waals surface area contributed by atoms with Gasteiger partial charge in [0, 0.05) is 12.3 Å². The zero-order chi connectivity index (χ0) is 12.5. The molecular weight excluding hydrogens is 224 g/mol. The molecule has 0 N–H and O–H groups in total. The lowest BCUT2D eigenvalue weighted by molar-refractivity contribution is 0.765. The van der Waals surface area contributed by atoms with Crippen LogP contribution in [0.2, 0.25) is 0 Å². The van der Waals surface area contributed by atoms with Crippen molar-refractivity contribution in [1.82, 2.24) is 9.78 Å². The van der Waals surface area contributed by atoms with Gasteiger partial charge in [0.15, 0.2) is 0 Å². The second-order valence-corrected chi connectivity index (χ2v) is 4.88. The van der Waals surface area contributed by atoms with Gasteiger partial charge >= 0.3 is 0 Å². The predicted octanol–water partition coefficient (Wildman–Crippen LogP) is 2.75. The van der Waals surface area contributed by atoms with E-state index in [1.165, 1.54) is 29.2 Å². The largest absolute Gasteiger partial charge is 0.271 e. The highest BCUT2D eigenvalue weighted by Gasteiger charge is 2.36. The normalized spacial score (nSPS) is 21.8. The molecule has 1 heterocycles. The topological polar surface area (TPSA) is 34.9 Å². The molecule has 1 saturated carbocycles. The molecule has 0 radical (unpaired) electrons.